The molecule has 2 atom stereocenters. The van der Waals surface area contributed by atoms with Crippen molar-refractivity contribution in [2.75, 3.05) is 13.1 Å². The summed E-state index contributed by atoms with van der Waals surface area (Å²) >= 11 is 0. The Kier molecular flexibility index (Phi) is 5.38. The molecule has 2 aromatic rings. The van der Waals surface area contributed by atoms with Crippen LogP contribution in [0.2, 0.25) is 0 Å². The van der Waals surface area contributed by atoms with Gasteiger partial charge in [-0.3, -0.25) is 0 Å². The molecule has 1 fully saturated rings. The topological polar surface area (TPSA) is 70.4 Å². The largest absolute Gasteiger partial charge is 0.393 e. The summed E-state index contributed by atoms with van der Waals surface area (Å²) in [6.45, 7) is 5.21. The average molecular weight is 342 g/mol. The molecule has 6 heteroatoms. The van der Waals surface area contributed by atoms with E-state index in [0.717, 1.165) is 24.1 Å². The van der Waals surface area contributed by atoms with Crippen LogP contribution in [0.1, 0.15) is 38.3 Å². The number of benzene rings is 1. The fourth-order valence-electron chi connectivity index (χ4n) is 3.30. The van der Waals surface area contributed by atoms with Crippen molar-refractivity contribution in [1.82, 2.24) is 20.0 Å². The summed E-state index contributed by atoms with van der Waals surface area (Å²) in [5.74, 6) is 0.298. The highest BCUT2D eigenvalue weighted by molar-refractivity contribution is 5.74. The van der Waals surface area contributed by atoms with Crippen molar-refractivity contribution in [2.45, 2.75) is 38.8 Å². The van der Waals surface area contributed by atoms with E-state index in [9.17, 15) is 9.90 Å². The predicted molar refractivity (Wildman–Crippen MR) is 96.5 cm³/mol. The zero-order valence-electron chi connectivity index (χ0n) is 14.8. The monoisotopic (exact) mass is 342 g/mol. The summed E-state index contributed by atoms with van der Waals surface area (Å²) in [6, 6.07) is 9.78. The number of urea groups is 1. The Hall–Kier alpha value is -2.34. The second-order valence-electron chi connectivity index (χ2n) is 6.78. The van der Waals surface area contributed by atoms with Gasteiger partial charge in [-0.1, -0.05) is 12.1 Å². The standard InChI is InChI=1S/C19H26N4O2/c1-14(17-5-3-6-18(13-17)23-10-4-9-20-23)21-19(25)22-11-7-16(8-12-22)15(2)24/h3-6,9-10,13-16,24H,7-8,11-12H2,1-2H3,(H,21,25). The summed E-state index contributed by atoms with van der Waals surface area (Å²) in [7, 11) is 0. The number of aromatic nitrogens is 2. The van der Waals surface area contributed by atoms with Crippen LogP contribution in [0.3, 0.4) is 0 Å². The molecular formula is C19H26N4O2. The second kappa shape index (κ2) is 7.70. The van der Waals surface area contributed by atoms with E-state index in [-0.39, 0.29) is 18.2 Å². The minimum atomic E-state index is -0.297. The van der Waals surface area contributed by atoms with Crippen molar-refractivity contribution >= 4 is 6.03 Å². The maximum Gasteiger partial charge on any atom is 0.317 e. The van der Waals surface area contributed by atoms with Crippen molar-refractivity contribution in [1.29, 1.82) is 0 Å². The van der Waals surface area contributed by atoms with Crippen LogP contribution in [0.5, 0.6) is 0 Å². The molecule has 6 nitrogen and oxygen atoms in total. The molecule has 2 N–H and O–H groups in total. The van der Waals surface area contributed by atoms with Crippen molar-refractivity contribution < 1.29 is 9.90 Å². The smallest absolute Gasteiger partial charge is 0.317 e. The van der Waals surface area contributed by atoms with E-state index in [0.29, 0.717) is 19.0 Å². The first-order chi connectivity index (χ1) is 12.0. The first-order valence-corrected chi connectivity index (χ1v) is 8.88. The van der Waals surface area contributed by atoms with Crippen LogP contribution < -0.4 is 5.32 Å². The lowest BCUT2D eigenvalue weighted by Crippen LogP contribution is -2.46. The summed E-state index contributed by atoms with van der Waals surface area (Å²) < 4.78 is 1.80. The number of piperidine rings is 1. The van der Waals surface area contributed by atoms with E-state index in [4.69, 9.17) is 0 Å². The van der Waals surface area contributed by atoms with Crippen molar-refractivity contribution in [2.24, 2.45) is 5.92 Å². The van der Waals surface area contributed by atoms with Crippen LogP contribution in [0.15, 0.2) is 42.7 Å². The third kappa shape index (κ3) is 4.20. The Labute approximate surface area is 148 Å². The SMILES string of the molecule is CC(NC(=O)N1CCC(C(C)O)CC1)c1cccc(-n2cccn2)c1. The van der Waals surface area contributed by atoms with Crippen molar-refractivity contribution in [3.63, 3.8) is 0 Å². The Balaban J connectivity index is 1.60. The molecule has 0 saturated carbocycles. The molecule has 0 aliphatic carbocycles. The lowest BCUT2D eigenvalue weighted by Gasteiger charge is -2.34. The number of carbonyl (C=O) groups excluding carboxylic acids is 1. The van der Waals surface area contributed by atoms with E-state index >= 15 is 0 Å². The highest BCUT2D eigenvalue weighted by Crippen LogP contribution is 2.21. The molecular weight excluding hydrogens is 316 g/mol. The molecule has 1 aliphatic heterocycles. The zero-order valence-corrected chi connectivity index (χ0v) is 14.8. The Bertz CT molecular complexity index is 691. The molecule has 1 saturated heterocycles. The van der Waals surface area contributed by atoms with Crippen LogP contribution in [-0.4, -0.2) is 45.0 Å². The molecule has 1 aromatic heterocycles. The molecule has 3 rings (SSSR count). The molecule has 25 heavy (non-hydrogen) atoms. The van der Waals surface area contributed by atoms with Gasteiger partial charge < -0.3 is 15.3 Å². The Morgan fingerprint density at radius 1 is 1.28 bits per heavy atom. The summed E-state index contributed by atoms with van der Waals surface area (Å²) in [4.78, 5) is 14.3. The van der Waals surface area contributed by atoms with Crippen LogP contribution in [0, 0.1) is 5.92 Å². The highest BCUT2D eigenvalue weighted by atomic mass is 16.3. The van der Waals surface area contributed by atoms with Gasteiger partial charge in [-0.15, -0.1) is 0 Å². The van der Waals surface area contributed by atoms with E-state index in [1.165, 1.54) is 0 Å². The van der Waals surface area contributed by atoms with Gasteiger partial charge in [0, 0.05) is 25.5 Å². The van der Waals surface area contributed by atoms with Crippen molar-refractivity contribution in [3.05, 3.63) is 48.3 Å². The molecule has 2 unspecified atom stereocenters. The van der Waals surface area contributed by atoms with Crippen LogP contribution >= 0.6 is 0 Å². The van der Waals surface area contributed by atoms with Gasteiger partial charge in [0.15, 0.2) is 0 Å². The molecule has 1 aromatic carbocycles. The number of hydrogen-bond acceptors (Lipinski definition) is 3. The van der Waals surface area contributed by atoms with Gasteiger partial charge in [-0.25, -0.2) is 9.48 Å². The quantitative estimate of drug-likeness (QED) is 0.897. The molecule has 0 spiro atoms. The van der Waals surface area contributed by atoms with Gasteiger partial charge in [0.1, 0.15) is 0 Å². The van der Waals surface area contributed by atoms with Gasteiger partial charge in [0.2, 0.25) is 0 Å². The second-order valence-corrected chi connectivity index (χ2v) is 6.78. The highest BCUT2D eigenvalue weighted by Gasteiger charge is 2.26. The number of carbonyl (C=O) groups is 1. The molecule has 0 radical (unpaired) electrons. The van der Waals surface area contributed by atoms with Gasteiger partial charge >= 0.3 is 6.03 Å². The van der Waals surface area contributed by atoms with E-state index in [1.54, 1.807) is 10.9 Å². The van der Waals surface area contributed by atoms with Crippen molar-refractivity contribution in [3.8, 4) is 5.69 Å². The van der Waals surface area contributed by atoms with Gasteiger partial charge in [-0.2, -0.15) is 5.10 Å². The summed E-state index contributed by atoms with van der Waals surface area (Å²) in [6.07, 6.45) is 5.06. The number of nitrogens with zero attached hydrogens (tertiary/aromatic N) is 3. The van der Waals surface area contributed by atoms with E-state index in [1.807, 2.05) is 55.3 Å². The molecule has 1 aliphatic rings. The third-order valence-electron chi connectivity index (χ3n) is 4.99. The predicted octanol–water partition coefficient (Wildman–Crippen LogP) is 2.74. The van der Waals surface area contributed by atoms with Crippen LogP contribution in [0.4, 0.5) is 4.79 Å². The number of aliphatic hydroxyl groups excluding tert-OH is 1. The fourth-order valence-corrected chi connectivity index (χ4v) is 3.30. The van der Waals surface area contributed by atoms with Crippen LogP contribution in [-0.2, 0) is 0 Å². The Morgan fingerprint density at radius 2 is 2.04 bits per heavy atom. The minimum Gasteiger partial charge on any atom is -0.393 e. The minimum absolute atomic E-state index is 0.0407. The Morgan fingerprint density at radius 3 is 2.68 bits per heavy atom. The maximum absolute atomic E-state index is 12.5. The molecule has 134 valence electrons. The molecule has 0 bridgehead atoms. The fraction of sp³-hybridized carbons (Fsp3) is 0.474. The average Bonchev–Trinajstić information content (AvgIpc) is 3.16. The zero-order chi connectivity index (χ0) is 17.8. The van der Waals surface area contributed by atoms with Gasteiger partial charge in [0.25, 0.3) is 0 Å². The van der Waals surface area contributed by atoms with E-state index < -0.39 is 0 Å². The molecule has 2 amide bonds. The maximum atomic E-state index is 12.5. The number of likely N-dealkylation sites (tertiary alicyclic amines) is 1. The third-order valence-corrected chi connectivity index (χ3v) is 4.99. The first kappa shape index (κ1) is 17.5. The van der Waals surface area contributed by atoms with Crippen LogP contribution in [0.25, 0.3) is 5.69 Å². The van der Waals surface area contributed by atoms with Gasteiger partial charge in [-0.05, 0) is 56.4 Å². The lowest BCUT2D eigenvalue weighted by molar-refractivity contribution is 0.0794. The summed E-state index contributed by atoms with van der Waals surface area (Å²) in [5, 5.41) is 17.0. The number of hydrogen-bond donors (Lipinski definition) is 2. The number of amides is 2. The van der Waals surface area contributed by atoms with Gasteiger partial charge in [0.05, 0.1) is 17.8 Å². The number of rotatable bonds is 4. The lowest BCUT2D eigenvalue weighted by atomic mass is 9.92. The van der Waals surface area contributed by atoms with E-state index in [2.05, 4.69) is 10.4 Å². The normalized spacial score (nSPS) is 18.0. The molecule has 2 heterocycles. The summed E-state index contributed by atoms with van der Waals surface area (Å²) in [5.41, 5.74) is 2.02. The first-order valence-electron chi connectivity index (χ1n) is 8.88. The number of aliphatic hydroxyl groups is 1. The number of nitrogens with one attached hydrogen (secondary N) is 1.